The minimum atomic E-state index is -3.62. The van der Waals surface area contributed by atoms with Crippen molar-refractivity contribution in [3.8, 4) is 5.75 Å². The van der Waals surface area contributed by atoms with E-state index in [-0.39, 0.29) is 32.0 Å². The number of halogens is 1. The average Bonchev–Trinajstić information content (AvgIpc) is 3.30. The van der Waals surface area contributed by atoms with Crippen molar-refractivity contribution in [3.05, 3.63) is 57.0 Å². The van der Waals surface area contributed by atoms with Gasteiger partial charge in [-0.25, -0.2) is 9.37 Å². The first-order valence-corrected chi connectivity index (χ1v) is 17.1. The van der Waals surface area contributed by atoms with Gasteiger partial charge in [0.25, 0.3) is 21.7 Å². The second-order valence-electron chi connectivity index (χ2n) is 13.3. The van der Waals surface area contributed by atoms with Crippen LogP contribution in [0.1, 0.15) is 53.1 Å². The van der Waals surface area contributed by atoms with Gasteiger partial charge in [-0.3, -0.25) is 28.6 Å². The molecule has 1 aromatic heterocycles. The van der Waals surface area contributed by atoms with Crippen molar-refractivity contribution in [2.45, 2.75) is 56.8 Å². The number of rotatable bonds is 7. The number of benzene rings is 1. The molecule has 1 aromatic carbocycles. The molecule has 4 aliphatic rings. The van der Waals surface area contributed by atoms with Gasteiger partial charge in [0.05, 0.1) is 0 Å². The fraction of sp³-hybridized carbons (Fsp3) is 0.581. The van der Waals surface area contributed by atoms with E-state index in [1.807, 2.05) is 0 Å². The van der Waals surface area contributed by atoms with E-state index in [0.717, 1.165) is 4.90 Å². The summed E-state index contributed by atoms with van der Waals surface area (Å²) in [5.74, 6) is -3.60. The van der Waals surface area contributed by atoms with Crippen LogP contribution in [-0.4, -0.2) is 131 Å². The minimum absolute atomic E-state index is 0.0288. The summed E-state index contributed by atoms with van der Waals surface area (Å²) in [6.45, 7) is 2.89. The van der Waals surface area contributed by atoms with E-state index >= 15 is 0 Å². The van der Waals surface area contributed by atoms with Crippen molar-refractivity contribution in [2.75, 3.05) is 61.4 Å². The predicted octanol–water partition coefficient (Wildman–Crippen LogP) is -0.181. The number of aryl methyl sites for hydroxylation is 1. The lowest BCUT2D eigenvalue weighted by atomic mass is 9.71. The van der Waals surface area contributed by atoms with Crippen LogP contribution in [0.5, 0.6) is 5.75 Å². The highest BCUT2D eigenvalue weighted by Gasteiger charge is 2.56. The number of fused-ring (bicyclic) bond motifs is 2. The largest absolute Gasteiger partial charge is 0.501 e. The lowest BCUT2D eigenvalue weighted by Crippen LogP contribution is -2.62. The summed E-state index contributed by atoms with van der Waals surface area (Å²) >= 11 is 0. The topological polar surface area (TPSA) is 169 Å². The predicted molar refractivity (Wildman–Crippen MR) is 173 cm³/mol. The van der Waals surface area contributed by atoms with Gasteiger partial charge in [0, 0.05) is 80.0 Å². The number of hydrogen-bond acceptors (Lipinski definition) is 9. The van der Waals surface area contributed by atoms with E-state index in [1.54, 1.807) is 13.0 Å². The number of carbonyl (C=O) groups excluding carboxylic acids is 3. The molecule has 3 amide bonds. The first kappa shape index (κ1) is 35.4. The molecule has 0 radical (unpaired) electrons. The van der Waals surface area contributed by atoms with Crippen LogP contribution in [-0.2, 0) is 38.4 Å². The standard InChI is InChI=1S/C31H43FN8O7S/c1-20-17-21(7-8-22(20)32)18-33-25(42)23-24(41)26(43)40-19-30(38-13-15-39(16-14-38)48(46,47)36(4)5)9-11-31(12-10-30,29(40)34-23)37(6)28(45)27(44)35(2)3/h7-8,17,41H,9-16,18-19H2,1-6H3,(H,33,42). The van der Waals surface area contributed by atoms with Crippen LogP contribution in [0.15, 0.2) is 23.0 Å². The zero-order chi connectivity index (χ0) is 35.3. The van der Waals surface area contributed by atoms with Gasteiger partial charge < -0.3 is 20.2 Å². The SMILES string of the molecule is Cc1cc(CNC(=O)c2nc3n(c(=O)c2O)CC2(N4CCN(S(=O)(=O)N(C)C)CC4)CCC3(N(C)C(=O)C(=O)N(C)C)CC2)ccc1F. The molecule has 262 valence electrons. The van der Waals surface area contributed by atoms with Crippen LogP contribution in [0.25, 0.3) is 0 Å². The first-order chi connectivity index (χ1) is 22.4. The Kier molecular flexibility index (Phi) is 9.46. The molecule has 2 fully saturated rings. The zero-order valence-electron chi connectivity index (χ0n) is 28.1. The third-order valence-electron chi connectivity index (χ3n) is 10.1. The minimum Gasteiger partial charge on any atom is -0.501 e. The lowest BCUT2D eigenvalue weighted by molar-refractivity contribution is -0.155. The molecule has 0 spiro atoms. The number of aromatic nitrogens is 2. The van der Waals surface area contributed by atoms with Crippen LogP contribution in [0, 0.1) is 12.7 Å². The molecule has 3 aliphatic heterocycles. The molecule has 1 aliphatic carbocycles. The van der Waals surface area contributed by atoms with E-state index in [9.17, 15) is 37.1 Å². The van der Waals surface area contributed by atoms with Crippen molar-refractivity contribution in [2.24, 2.45) is 0 Å². The van der Waals surface area contributed by atoms with Gasteiger partial charge in [-0.05, 0) is 49.8 Å². The summed E-state index contributed by atoms with van der Waals surface area (Å²) < 4.78 is 43.2. The molecule has 1 saturated heterocycles. The van der Waals surface area contributed by atoms with E-state index in [2.05, 4.69) is 15.2 Å². The van der Waals surface area contributed by atoms with E-state index < -0.39 is 61.8 Å². The van der Waals surface area contributed by atoms with Crippen molar-refractivity contribution in [3.63, 3.8) is 0 Å². The summed E-state index contributed by atoms with van der Waals surface area (Å²) in [4.78, 5) is 63.0. The smallest absolute Gasteiger partial charge is 0.312 e. The third kappa shape index (κ3) is 5.97. The molecular formula is C31H43FN8O7S. The second-order valence-corrected chi connectivity index (χ2v) is 15.4. The molecule has 48 heavy (non-hydrogen) atoms. The van der Waals surface area contributed by atoms with Gasteiger partial charge in [0.15, 0.2) is 5.69 Å². The molecule has 4 heterocycles. The molecule has 1 saturated carbocycles. The Bertz CT molecular complexity index is 1800. The lowest BCUT2D eigenvalue weighted by Gasteiger charge is -2.52. The van der Waals surface area contributed by atoms with Crippen LogP contribution in [0.3, 0.4) is 0 Å². The second kappa shape index (κ2) is 12.8. The molecule has 2 N–H and O–H groups in total. The van der Waals surface area contributed by atoms with Gasteiger partial charge >= 0.3 is 11.8 Å². The van der Waals surface area contributed by atoms with Crippen molar-refractivity contribution in [1.82, 2.24) is 38.2 Å². The Morgan fingerprint density at radius 2 is 1.62 bits per heavy atom. The summed E-state index contributed by atoms with van der Waals surface area (Å²) in [5.41, 5.74) is -2.33. The maximum Gasteiger partial charge on any atom is 0.312 e. The Morgan fingerprint density at radius 1 is 1.00 bits per heavy atom. The number of hydrogen-bond donors (Lipinski definition) is 2. The number of likely N-dealkylation sites (N-methyl/N-ethyl adjacent to an activating group) is 2. The first-order valence-electron chi connectivity index (χ1n) is 15.7. The third-order valence-corrected chi connectivity index (χ3v) is 12.1. The molecule has 2 aromatic rings. The fourth-order valence-electron chi connectivity index (χ4n) is 7.15. The number of aromatic hydroxyl groups is 1. The molecular weight excluding hydrogens is 647 g/mol. The number of carbonyl (C=O) groups is 3. The maximum atomic E-state index is 14.0. The normalized spacial score (nSPS) is 23.0. The highest BCUT2D eigenvalue weighted by Crippen LogP contribution is 2.50. The molecule has 15 nitrogen and oxygen atoms in total. The van der Waals surface area contributed by atoms with Gasteiger partial charge in [-0.2, -0.15) is 17.0 Å². The monoisotopic (exact) mass is 690 g/mol. The average molecular weight is 691 g/mol. The van der Waals surface area contributed by atoms with Crippen molar-refractivity contribution >= 4 is 27.9 Å². The molecule has 17 heteroatoms. The van der Waals surface area contributed by atoms with Crippen molar-refractivity contribution in [1.29, 1.82) is 0 Å². The van der Waals surface area contributed by atoms with E-state index in [0.29, 0.717) is 49.9 Å². The Hall–Kier alpha value is -3.93. The Balaban J connectivity index is 1.54. The quantitative estimate of drug-likeness (QED) is 0.375. The van der Waals surface area contributed by atoms with E-state index in [4.69, 9.17) is 0 Å². The van der Waals surface area contributed by atoms with Gasteiger partial charge in [0.1, 0.15) is 17.2 Å². The molecule has 0 unspecified atom stereocenters. The van der Waals surface area contributed by atoms with Crippen LogP contribution >= 0.6 is 0 Å². The number of piperazine rings is 1. The zero-order valence-corrected chi connectivity index (χ0v) is 28.9. The Morgan fingerprint density at radius 3 is 2.19 bits per heavy atom. The molecule has 0 atom stereocenters. The summed E-state index contributed by atoms with van der Waals surface area (Å²) in [5, 5.41) is 13.7. The molecule has 6 rings (SSSR count). The van der Waals surface area contributed by atoms with Crippen molar-refractivity contribution < 1.29 is 32.3 Å². The summed E-state index contributed by atoms with van der Waals surface area (Å²) in [7, 11) is 3.74. The van der Waals surface area contributed by atoms with Crippen LogP contribution in [0.2, 0.25) is 0 Å². The fourth-order valence-corrected chi connectivity index (χ4v) is 8.23. The van der Waals surface area contributed by atoms with Gasteiger partial charge in [-0.15, -0.1) is 0 Å². The molecule has 2 bridgehead atoms. The summed E-state index contributed by atoms with van der Waals surface area (Å²) in [6, 6.07) is 4.35. The number of nitrogens with zero attached hydrogens (tertiary/aromatic N) is 7. The van der Waals surface area contributed by atoms with Gasteiger partial charge in [0.2, 0.25) is 5.75 Å². The summed E-state index contributed by atoms with van der Waals surface area (Å²) in [6.07, 6.45) is 1.52. The van der Waals surface area contributed by atoms with Crippen LogP contribution < -0.4 is 10.9 Å². The Labute approximate surface area is 279 Å². The number of amides is 3. The highest BCUT2D eigenvalue weighted by atomic mass is 32.2. The van der Waals surface area contributed by atoms with Crippen LogP contribution in [0.4, 0.5) is 4.39 Å². The van der Waals surface area contributed by atoms with E-state index in [1.165, 1.54) is 65.4 Å². The maximum absolute atomic E-state index is 14.0. The van der Waals surface area contributed by atoms with Gasteiger partial charge in [-0.1, -0.05) is 12.1 Å². The highest BCUT2D eigenvalue weighted by molar-refractivity contribution is 7.86. The number of nitrogens with one attached hydrogen (secondary N) is 1.